The maximum absolute atomic E-state index is 12.6. The standard InChI is InChI=1S/C17H21N5O2/c1-10-15(11(2)21-20-10)8-19-17(24)16-7-18-6-13-9-22(12(3)23)5-4-14(13)16/h6-7H,4-5,8-9H2,1-3H3,(H,19,24)(H,20,21). The second-order valence-electron chi connectivity index (χ2n) is 6.11. The van der Waals surface area contributed by atoms with Crippen LogP contribution in [0, 0.1) is 13.8 Å². The number of H-pyrrole nitrogens is 1. The minimum atomic E-state index is -0.143. The molecule has 0 radical (unpaired) electrons. The number of aryl methyl sites for hydroxylation is 2. The minimum absolute atomic E-state index is 0.0430. The van der Waals surface area contributed by atoms with Crippen LogP contribution in [0.5, 0.6) is 0 Å². The molecule has 2 N–H and O–H groups in total. The Labute approximate surface area is 140 Å². The van der Waals surface area contributed by atoms with E-state index in [4.69, 9.17) is 0 Å². The second-order valence-corrected chi connectivity index (χ2v) is 6.11. The molecule has 0 spiro atoms. The molecule has 2 aromatic heterocycles. The van der Waals surface area contributed by atoms with Crippen LogP contribution in [0.4, 0.5) is 0 Å². The van der Waals surface area contributed by atoms with Crippen molar-refractivity contribution >= 4 is 11.8 Å². The first-order valence-corrected chi connectivity index (χ1v) is 7.97. The summed E-state index contributed by atoms with van der Waals surface area (Å²) in [7, 11) is 0. The molecule has 2 amide bonds. The van der Waals surface area contributed by atoms with E-state index in [0.29, 0.717) is 31.6 Å². The van der Waals surface area contributed by atoms with Gasteiger partial charge in [0.05, 0.1) is 11.3 Å². The predicted molar refractivity (Wildman–Crippen MR) is 88.3 cm³/mol. The van der Waals surface area contributed by atoms with Gasteiger partial charge in [0.1, 0.15) is 0 Å². The van der Waals surface area contributed by atoms with Crippen molar-refractivity contribution in [3.63, 3.8) is 0 Å². The number of hydrogen-bond donors (Lipinski definition) is 2. The Kier molecular flexibility index (Phi) is 4.33. The number of carbonyl (C=O) groups is 2. The van der Waals surface area contributed by atoms with E-state index < -0.39 is 0 Å². The zero-order chi connectivity index (χ0) is 17.3. The Morgan fingerprint density at radius 3 is 2.79 bits per heavy atom. The number of hydrogen-bond acceptors (Lipinski definition) is 4. The molecule has 2 aromatic rings. The van der Waals surface area contributed by atoms with Crippen molar-refractivity contribution in [3.8, 4) is 0 Å². The molecular weight excluding hydrogens is 306 g/mol. The zero-order valence-corrected chi connectivity index (χ0v) is 14.1. The quantitative estimate of drug-likeness (QED) is 0.888. The molecule has 1 aliphatic heterocycles. The van der Waals surface area contributed by atoms with Crippen molar-refractivity contribution in [1.29, 1.82) is 0 Å². The summed E-state index contributed by atoms with van der Waals surface area (Å²) in [6, 6.07) is 0. The van der Waals surface area contributed by atoms with E-state index in [2.05, 4.69) is 20.5 Å². The highest BCUT2D eigenvalue weighted by Gasteiger charge is 2.23. The van der Waals surface area contributed by atoms with E-state index in [-0.39, 0.29) is 11.8 Å². The van der Waals surface area contributed by atoms with Crippen LogP contribution in [0.2, 0.25) is 0 Å². The number of rotatable bonds is 3. The monoisotopic (exact) mass is 327 g/mol. The SMILES string of the molecule is CC(=O)N1CCc2c(cncc2C(=O)NCc2c(C)n[nH]c2C)C1. The van der Waals surface area contributed by atoms with Crippen LogP contribution in [0.3, 0.4) is 0 Å². The van der Waals surface area contributed by atoms with Gasteiger partial charge in [0.15, 0.2) is 0 Å². The van der Waals surface area contributed by atoms with E-state index in [1.54, 1.807) is 24.2 Å². The summed E-state index contributed by atoms with van der Waals surface area (Å²) in [5.74, 6) is -0.1000. The third-order valence-electron chi connectivity index (χ3n) is 4.54. The molecule has 0 unspecified atom stereocenters. The van der Waals surface area contributed by atoms with Crippen molar-refractivity contribution in [2.24, 2.45) is 0 Å². The van der Waals surface area contributed by atoms with Gasteiger partial charge in [-0.05, 0) is 31.4 Å². The predicted octanol–water partition coefficient (Wildman–Crippen LogP) is 1.26. The first kappa shape index (κ1) is 16.2. The molecule has 24 heavy (non-hydrogen) atoms. The average molecular weight is 327 g/mol. The number of aromatic amines is 1. The normalized spacial score (nSPS) is 13.5. The van der Waals surface area contributed by atoms with Gasteiger partial charge in [-0.2, -0.15) is 5.10 Å². The van der Waals surface area contributed by atoms with Crippen molar-refractivity contribution in [3.05, 3.63) is 46.0 Å². The number of nitrogens with one attached hydrogen (secondary N) is 2. The third-order valence-corrected chi connectivity index (χ3v) is 4.54. The molecule has 7 heteroatoms. The van der Waals surface area contributed by atoms with E-state index in [0.717, 1.165) is 28.1 Å². The van der Waals surface area contributed by atoms with Crippen LogP contribution in [0.15, 0.2) is 12.4 Å². The van der Waals surface area contributed by atoms with Crippen molar-refractivity contribution in [1.82, 2.24) is 25.4 Å². The molecule has 1 aliphatic rings. The summed E-state index contributed by atoms with van der Waals surface area (Å²) in [5, 5.41) is 10.00. The molecule has 0 aromatic carbocycles. The molecule has 0 fully saturated rings. The summed E-state index contributed by atoms with van der Waals surface area (Å²) >= 11 is 0. The Morgan fingerprint density at radius 1 is 1.33 bits per heavy atom. The van der Waals surface area contributed by atoms with Gasteiger partial charge >= 0.3 is 0 Å². The lowest BCUT2D eigenvalue weighted by Gasteiger charge is -2.28. The van der Waals surface area contributed by atoms with Gasteiger partial charge in [0, 0.05) is 50.2 Å². The molecule has 0 saturated heterocycles. The molecule has 126 valence electrons. The number of fused-ring (bicyclic) bond motifs is 1. The van der Waals surface area contributed by atoms with Gasteiger partial charge in [-0.1, -0.05) is 0 Å². The fourth-order valence-electron chi connectivity index (χ4n) is 3.06. The second kappa shape index (κ2) is 6.43. The first-order chi connectivity index (χ1) is 11.5. The van der Waals surface area contributed by atoms with Gasteiger partial charge in [-0.3, -0.25) is 19.7 Å². The maximum atomic E-state index is 12.6. The molecule has 7 nitrogen and oxygen atoms in total. The Balaban J connectivity index is 1.77. The van der Waals surface area contributed by atoms with Crippen LogP contribution < -0.4 is 5.32 Å². The lowest BCUT2D eigenvalue weighted by Crippen LogP contribution is -2.36. The molecule has 0 aliphatic carbocycles. The highest BCUT2D eigenvalue weighted by atomic mass is 16.2. The number of amides is 2. The number of pyridine rings is 1. The molecule has 0 bridgehead atoms. The molecular formula is C17H21N5O2. The molecule has 3 rings (SSSR count). The Hall–Kier alpha value is -2.70. The maximum Gasteiger partial charge on any atom is 0.253 e. The average Bonchev–Trinajstić information content (AvgIpc) is 2.89. The topological polar surface area (TPSA) is 91.0 Å². The van der Waals surface area contributed by atoms with Gasteiger partial charge in [-0.15, -0.1) is 0 Å². The van der Waals surface area contributed by atoms with Crippen LogP contribution in [0.1, 0.15) is 45.4 Å². The van der Waals surface area contributed by atoms with Crippen molar-refractivity contribution in [2.45, 2.75) is 40.3 Å². The van der Waals surface area contributed by atoms with Crippen LogP contribution in [0.25, 0.3) is 0 Å². The smallest absolute Gasteiger partial charge is 0.253 e. The van der Waals surface area contributed by atoms with E-state index >= 15 is 0 Å². The third kappa shape index (κ3) is 3.02. The van der Waals surface area contributed by atoms with E-state index in [9.17, 15) is 9.59 Å². The summed E-state index contributed by atoms with van der Waals surface area (Å²) < 4.78 is 0. The Bertz CT molecular complexity index is 777. The minimum Gasteiger partial charge on any atom is -0.348 e. The fraction of sp³-hybridized carbons (Fsp3) is 0.412. The van der Waals surface area contributed by atoms with Crippen molar-refractivity contribution in [2.75, 3.05) is 6.54 Å². The summed E-state index contributed by atoms with van der Waals surface area (Å²) in [4.78, 5) is 30.1. The summed E-state index contributed by atoms with van der Waals surface area (Å²) in [6.45, 7) is 6.98. The van der Waals surface area contributed by atoms with Gasteiger partial charge in [-0.25, -0.2) is 0 Å². The lowest BCUT2D eigenvalue weighted by atomic mass is 9.96. The Morgan fingerprint density at radius 2 is 2.12 bits per heavy atom. The number of carbonyl (C=O) groups excluding carboxylic acids is 2. The first-order valence-electron chi connectivity index (χ1n) is 7.97. The number of nitrogens with zero attached hydrogens (tertiary/aromatic N) is 3. The van der Waals surface area contributed by atoms with E-state index in [1.807, 2.05) is 13.8 Å². The van der Waals surface area contributed by atoms with Crippen molar-refractivity contribution < 1.29 is 9.59 Å². The molecule has 3 heterocycles. The van der Waals surface area contributed by atoms with Gasteiger partial charge in [0.25, 0.3) is 5.91 Å². The fourth-order valence-corrected chi connectivity index (χ4v) is 3.06. The van der Waals surface area contributed by atoms with E-state index in [1.165, 1.54) is 0 Å². The largest absolute Gasteiger partial charge is 0.348 e. The highest BCUT2D eigenvalue weighted by Crippen LogP contribution is 2.22. The lowest BCUT2D eigenvalue weighted by molar-refractivity contribution is -0.129. The van der Waals surface area contributed by atoms with Crippen LogP contribution in [-0.2, 0) is 24.3 Å². The van der Waals surface area contributed by atoms with Gasteiger partial charge < -0.3 is 10.2 Å². The highest BCUT2D eigenvalue weighted by molar-refractivity contribution is 5.95. The summed E-state index contributed by atoms with van der Waals surface area (Å²) in [6.07, 6.45) is 4.02. The van der Waals surface area contributed by atoms with Crippen LogP contribution in [-0.4, -0.2) is 38.4 Å². The van der Waals surface area contributed by atoms with Gasteiger partial charge in [0.2, 0.25) is 5.91 Å². The zero-order valence-electron chi connectivity index (χ0n) is 14.1. The molecule has 0 atom stereocenters. The number of aromatic nitrogens is 3. The molecule has 0 saturated carbocycles. The summed E-state index contributed by atoms with van der Waals surface area (Å²) in [5.41, 5.74) is 5.37. The van der Waals surface area contributed by atoms with Crippen LogP contribution >= 0.6 is 0 Å².